The van der Waals surface area contributed by atoms with Gasteiger partial charge in [-0.3, -0.25) is 4.79 Å². The molecule has 6 heteroatoms. The van der Waals surface area contributed by atoms with Gasteiger partial charge in [0.25, 0.3) is 5.91 Å². The molecule has 1 atom stereocenters. The van der Waals surface area contributed by atoms with Crippen LogP contribution in [0.5, 0.6) is 0 Å². The number of carbonyl (C=O) groups excluding carboxylic acids is 1. The third-order valence-corrected chi connectivity index (χ3v) is 5.09. The van der Waals surface area contributed by atoms with Crippen molar-refractivity contribution in [2.24, 2.45) is 5.16 Å². The third-order valence-electron chi connectivity index (χ3n) is 4.18. The zero-order valence-electron chi connectivity index (χ0n) is 12.7. The number of fused-ring (bicyclic) bond motifs is 3. The molecule has 120 valence electrons. The monoisotopic (exact) mass is 337 g/mol. The Labute approximate surface area is 142 Å². The lowest BCUT2D eigenvalue weighted by molar-refractivity contribution is 0.0940. The molecular weight excluding hydrogens is 322 g/mol. The maximum atomic E-state index is 12.5. The summed E-state index contributed by atoms with van der Waals surface area (Å²) >= 11 is 1.54. The van der Waals surface area contributed by atoms with Crippen molar-refractivity contribution in [3.63, 3.8) is 0 Å². The van der Waals surface area contributed by atoms with E-state index in [0.29, 0.717) is 17.7 Å². The van der Waals surface area contributed by atoms with E-state index in [1.54, 1.807) is 0 Å². The smallest absolute Gasteiger partial charge is 0.254 e. The van der Waals surface area contributed by atoms with E-state index in [4.69, 9.17) is 0 Å². The lowest BCUT2D eigenvalue weighted by Crippen LogP contribution is -2.29. The van der Waals surface area contributed by atoms with E-state index in [0.717, 1.165) is 16.3 Å². The molecule has 0 bridgehead atoms. The van der Waals surface area contributed by atoms with Crippen LogP contribution in [0.2, 0.25) is 0 Å². The van der Waals surface area contributed by atoms with Crippen molar-refractivity contribution in [1.82, 2.24) is 9.88 Å². The van der Waals surface area contributed by atoms with Crippen molar-refractivity contribution in [2.75, 3.05) is 0 Å². The van der Waals surface area contributed by atoms with Gasteiger partial charge in [-0.1, -0.05) is 35.5 Å². The van der Waals surface area contributed by atoms with Crippen molar-refractivity contribution in [3.8, 4) is 5.00 Å². The van der Waals surface area contributed by atoms with Crippen LogP contribution in [0.3, 0.4) is 0 Å². The number of nitrogens with zero attached hydrogens (tertiary/aromatic N) is 2. The predicted octanol–water partition coefficient (Wildman–Crippen LogP) is 3.59. The van der Waals surface area contributed by atoms with E-state index in [9.17, 15) is 10.0 Å². The first-order valence-electron chi connectivity index (χ1n) is 7.60. The fraction of sp³-hybridized carbons (Fsp3) is 0.111. The highest BCUT2D eigenvalue weighted by molar-refractivity contribution is 7.13. The summed E-state index contributed by atoms with van der Waals surface area (Å²) < 4.78 is 2.03. The minimum absolute atomic E-state index is 0.106. The fourth-order valence-electron chi connectivity index (χ4n) is 3.03. The van der Waals surface area contributed by atoms with Crippen LogP contribution >= 0.6 is 11.3 Å². The minimum atomic E-state index is -0.266. The predicted molar refractivity (Wildman–Crippen MR) is 93.2 cm³/mol. The molecule has 3 aromatic rings. The summed E-state index contributed by atoms with van der Waals surface area (Å²) in [5, 5.41) is 18.8. The third kappa shape index (κ3) is 2.41. The summed E-state index contributed by atoms with van der Waals surface area (Å²) in [6, 6.07) is 15.0. The fourth-order valence-corrected chi connectivity index (χ4v) is 3.93. The number of carbonyl (C=O) groups is 1. The van der Waals surface area contributed by atoms with Crippen LogP contribution in [0.25, 0.3) is 5.00 Å². The van der Waals surface area contributed by atoms with Gasteiger partial charge in [-0.15, -0.1) is 11.3 Å². The molecule has 2 aromatic heterocycles. The summed E-state index contributed by atoms with van der Waals surface area (Å²) in [6.45, 7) is 0. The van der Waals surface area contributed by atoms with Gasteiger partial charge in [0, 0.05) is 18.3 Å². The van der Waals surface area contributed by atoms with Crippen molar-refractivity contribution in [2.45, 2.75) is 12.5 Å². The lowest BCUT2D eigenvalue weighted by atomic mass is 10.0. The van der Waals surface area contributed by atoms with E-state index >= 15 is 0 Å². The Morgan fingerprint density at radius 2 is 2.04 bits per heavy atom. The summed E-state index contributed by atoms with van der Waals surface area (Å²) in [5.41, 5.74) is 3.02. The normalized spacial score (nSPS) is 16.9. The second-order valence-electron chi connectivity index (χ2n) is 5.59. The number of amides is 1. The zero-order valence-corrected chi connectivity index (χ0v) is 13.5. The van der Waals surface area contributed by atoms with Crippen molar-refractivity contribution in [1.29, 1.82) is 0 Å². The molecule has 0 saturated heterocycles. The summed E-state index contributed by atoms with van der Waals surface area (Å²) in [7, 11) is 0. The summed E-state index contributed by atoms with van der Waals surface area (Å²) in [4.78, 5) is 12.5. The summed E-state index contributed by atoms with van der Waals surface area (Å²) in [6.07, 6.45) is 2.36. The molecule has 3 heterocycles. The van der Waals surface area contributed by atoms with E-state index in [1.165, 1.54) is 11.3 Å². The van der Waals surface area contributed by atoms with Gasteiger partial charge in [0.2, 0.25) is 0 Å². The molecule has 1 aromatic carbocycles. The highest BCUT2D eigenvalue weighted by atomic mass is 32.1. The number of nitrogens with one attached hydrogen (secondary N) is 1. The number of rotatable bonds is 3. The van der Waals surface area contributed by atoms with Crippen LogP contribution in [-0.4, -0.2) is 21.4 Å². The van der Waals surface area contributed by atoms with Gasteiger partial charge in [-0.05, 0) is 29.1 Å². The molecule has 0 fully saturated rings. The highest BCUT2D eigenvalue weighted by Gasteiger charge is 2.28. The Kier molecular flexibility index (Phi) is 3.66. The zero-order chi connectivity index (χ0) is 16.5. The van der Waals surface area contributed by atoms with Crippen LogP contribution in [0, 0.1) is 0 Å². The Morgan fingerprint density at radius 3 is 2.83 bits per heavy atom. The first kappa shape index (κ1) is 14.7. The number of oxime groups is 1. The molecule has 1 amide bonds. The van der Waals surface area contributed by atoms with Gasteiger partial charge in [-0.25, -0.2) is 0 Å². The molecule has 1 aliphatic rings. The Balaban J connectivity index is 1.72. The molecule has 0 saturated carbocycles. The Morgan fingerprint density at radius 1 is 1.21 bits per heavy atom. The number of benzene rings is 1. The van der Waals surface area contributed by atoms with Crippen LogP contribution in [0.15, 0.2) is 65.3 Å². The van der Waals surface area contributed by atoms with Crippen LogP contribution in [0.1, 0.15) is 34.1 Å². The topological polar surface area (TPSA) is 66.6 Å². The molecule has 5 nitrogen and oxygen atoms in total. The number of aromatic nitrogens is 1. The van der Waals surface area contributed by atoms with Gasteiger partial charge in [0.05, 0.1) is 17.3 Å². The van der Waals surface area contributed by atoms with E-state index in [2.05, 4.69) is 10.5 Å². The Hall–Kier alpha value is -2.86. The molecule has 1 aliphatic heterocycles. The van der Waals surface area contributed by atoms with Gasteiger partial charge >= 0.3 is 0 Å². The molecule has 0 radical (unpaired) electrons. The molecular formula is C18H15N3O2S. The first-order chi connectivity index (χ1) is 11.8. The number of thiophene rings is 1. The van der Waals surface area contributed by atoms with Crippen molar-refractivity contribution in [3.05, 3.63) is 76.9 Å². The van der Waals surface area contributed by atoms with Gasteiger partial charge in [0.15, 0.2) is 0 Å². The van der Waals surface area contributed by atoms with Crippen molar-refractivity contribution < 1.29 is 10.0 Å². The van der Waals surface area contributed by atoms with Gasteiger partial charge in [0.1, 0.15) is 5.00 Å². The maximum Gasteiger partial charge on any atom is 0.254 e. The van der Waals surface area contributed by atoms with Crippen molar-refractivity contribution >= 4 is 23.0 Å². The number of hydrogen-bond donors (Lipinski definition) is 2. The van der Waals surface area contributed by atoms with Crippen LogP contribution < -0.4 is 5.32 Å². The average Bonchev–Trinajstić information content (AvgIpc) is 3.26. The molecule has 4 rings (SSSR count). The maximum absolute atomic E-state index is 12.5. The van der Waals surface area contributed by atoms with E-state index in [-0.39, 0.29) is 11.9 Å². The van der Waals surface area contributed by atoms with Gasteiger partial charge < -0.3 is 15.1 Å². The van der Waals surface area contributed by atoms with E-state index in [1.807, 2.05) is 64.7 Å². The van der Waals surface area contributed by atoms with Crippen LogP contribution in [0.4, 0.5) is 0 Å². The molecule has 24 heavy (non-hydrogen) atoms. The molecule has 2 N–H and O–H groups in total. The summed E-state index contributed by atoms with van der Waals surface area (Å²) in [5.74, 6) is -0.106. The molecule has 0 aliphatic carbocycles. The largest absolute Gasteiger partial charge is 0.411 e. The van der Waals surface area contributed by atoms with Gasteiger partial charge in [-0.2, -0.15) is 0 Å². The van der Waals surface area contributed by atoms with Crippen LogP contribution in [-0.2, 0) is 0 Å². The second-order valence-corrected chi connectivity index (χ2v) is 6.48. The lowest BCUT2D eigenvalue weighted by Gasteiger charge is -2.18. The first-order valence-corrected chi connectivity index (χ1v) is 8.48. The SMILES string of the molecule is O=C1NC(C/C(=N\O)c2ccccc2)c2cccn2-c2sccc21. The number of hydrogen-bond acceptors (Lipinski definition) is 4. The minimum Gasteiger partial charge on any atom is -0.411 e. The molecule has 0 spiro atoms. The Bertz CT molecular complexity index is 911. The quantitative estimate of drug-likeness (QED) is 0.436. The average molecular weight is 337 g/mol. The molecule has 1 unspecified atom stereocenters. The second kappa shape index (κ2) is 5.98. The standard InChI is InChI=1S/C18H15N3O2S/c22-17-13-8-10-24-18(13)21-9-4-7-16(21)15(19-17)11-14(20-23)12-5-2-1-3-6-12/h1-10,15,23H,11H2,(H,19,22)/b20-14+. The van der Waals surface area contributed by atoms with E-state index < -0.39 is 0 Å². The highest BCUT2D eigenvalue weighted by Crippen LogP contribution is 2.32.